The van der Waals surface area contributed by atoms with E-state index in [9.17, 15) is 4.79 Å². The van der Waals surface area contributed by atoms with Gasteiger partial charge >= 0.3 is 0 Å². The Labute approximate surface area is 112 Å². The third-order valence-corrected chi connectivity index (χ3v) is 3.29. The van der Waals surface area contributed by atoms with Crippen LogP contribution in [-0.4, -0.2) is 23.9 Å². The molecule has 0 N–H and O–H groups in total. The summed E-state index contributed by atoms with van der Waals surface area (Å²) >= 11 is 0. The first-order valence-electron chi connectivity index (χ1n) is 6.74. The molecule has 0 aliphatic carbocycles. The van der Waals surface area contributed by atoms with E-state index in [1.165, 1.54) is 0 Å². The highest BCUT2D eigenvalue weighted by atomic mass is 16.2. The topological polar surface area (TPSA) is 20.3 Å². The first kappa shape index (κ1) is 16.7. The summed E-state index contributed by atoms with van der Waals surface area (Å²) in [5, 5.41) is 0. The Balaban J connectivity index is 5.01. The maximum absolute atomic E-state index is 12.0. The van der Waals surface area contributed by atoms with Gasteiger partial charge in [-0.15, -0.1) is 6.58 Å². The number of allylic oxidation sites excluding steroid dienone is 4. The fraction of sp³-hybridized carbons (Fsp3) is 0.562. The zero-order valence-electron chi connectivity index (χ0n) is 12.4. The molecule has 2 atom stereocenters. The summed E-state index contributed by atoms with van der Waals surface area (Å²) in [5.41, 5.74) is 1.09. The average molecular weight is 249 g/mol. The molecule has 0 fully saturated rings. The average Bonchev–Trinajstić information content (AvgIpc) is 2.36. The third kappa shape index (κ3) is 4.91. The monoisotopic (exact) mass is 249 g/mol. The molecule has 0 aliphatic heterocycles. The number of hydrogen-bond donors (Lipinski definition) is 0. The minimum absolute atomic E-state index is 0.100. The molecule has 0 aromatic carbocycles. The van der Waals surface area contributed by atoms with E-state index >= 15 is 0 Å². The van der Waals surface area contributed by atoms with Crippen molar-refractivity contribution in [3.05, 3.63) is 36.5 Å². The van der Waals surface area contributed by atoms with Crippen LogP contribution in [0.25, 0.3) is 0 Å². The summed E-state index contributed by atoms with van der Waals surface area (Å²) < 4.78 is 0. The summed E-state index contributed by atoms with van der Waals surface area (Å²) in [6.45, 7) is 15.5. The van der Waals surface area contributed by atoms with Crippen LogP contribution in [0.2, 0.25) is 0 Å². The number of amides is 1. The van der Waals surface area contributed by atoms with Crippen molar-refractivity contribution in [2.75, 3.05) is 13.1 Å². The fourth-order valence-corrected chi connectivity index (χ4v) is 2.01. The predicted molar refractivity (Wildman–Crippen MR) is 79.4 cm³/mol. The summed E-state index contributed by atoms with van der Waals surface area (Å²) in [5.74, 6) is 0.692. The molecule has 0 spiro atoms. The molecule has 0 bridgehead atoms. The Morgan fingerprint density at radius 2 is 1.89 bits per heavy atom. The van der Waals surface area contributed by atoms with E-state index in [1.54, 1.807) is 6.08 Å². The van der Waals surface area contributed by atoms with E-state index < -0.39 is 0 Å². The quantitative estimate of drug-likeness (QED) is 0.496. The molecule has 1 amide bonds. The Hall–Kier alpha value is -1.31. The molecule has 0 saturated heterocycles. The van der Waals surface area contributed by atoms with Crippen LogP contribution < -0.4 is 0 Å². The van der Waals surface area contributed by atoms with Crippen LogP contribution >= 0.6 is 0 Å². The predicted octanol–water partition coefficient (Wildman–Crippen LogP) is 3.82. The van der Waals surface area contributed by atoms with Gasteiger partial charge in [-0.1, -0.05) is 30.7 Å². The van der Waals surface area contributed by atoms with E-state index in [4.69, 9.17) is 0 Å². The van der Waals surface area contributed by atoms with Crippen molar-refractivity contribution in [1.29, 1.82) is 0 Å². The molecule has 102 valence electrons. The van der Waals surface area contributed by atoms with Crippen molar-refractivity contribution in [3.63, 3.8) is 0 Å². The number of carbonyl (C=O) groups excluding carboxylic acids is 1. The van der Waals surface area contributed by atoms with Crippen LogP contribution in [0, 0.1) is 11.8 Å². The number of rotatable bonds is 7. The Morgan fingerprint density at radius 1 is 1.33 bits per heavy atom. The van der Waals surface area contributed by atoms with Gasteiger partial charge in [0, 0.05) is 25.1 Å². The summed E-state index contributed by atoms with van der Waals surface area (Å²) in [4.78, 5) is 13.9. The highest BCUT2D eigenvalue weighted by Crippen LogP contribution is 2.23. The van der Waals surface area contributed by atoms with Crippen molar-refractivity contribution in [2.24, 2.45) is 11.8 Å². The third-order valence-electron chi connectivity index (χ3n) is 3.29. The molecule has 0 aromatic heterocycles. The Bertz CT molecular complexity index is 324. The van der Waals surface area contributed by atoms with Crippen molar-refractivity contribution in [1.82, 2.24) is 4.90 Å². The molecule has 2 nitrogen and oxygen atoms in total. The molecule has 0 rings (SSSR count). The van der Waals surface area contributed by atoms with Crippen LogP contribution in [0.5, 0.6) is 0 Å². The van der Waals surface area contributed by atoms with Gasteiger partial charge in [-0.05, 0) is 33.6 Å². The molecule has 2 unspecified atom stereocenters. The molecular formula is C16H27NO. The van der Waals surface area contributed by atoms with Gasteiger partial charge in [-0.3, -0.25) is 4.79 Å². The Morgan fingerprint density at radius 3 is 2.28 bits per heavy atom. The van der Waals surface area contributed by atoms with E-state index in [0.29, 0.717) is 5.92 Å². The summed E-state index contributed by atoms with van der Waals surface area (Å²) in [6, 6.07) is 0. The number of carbonyl (C=O) groups is 1. The van der Waals surface area contributed by atoms with Crippen molar-refractivity contribution in [3.8, 4) is 0 Å². The van der Waals surface area contributed by atoms with Crippen LogP contribution in [-0.2, 0) is 4.79 Å². The minimum Gasteiger partial charge on any atom is -0.340 e. The lowest BCUT2D eigenvalue weighted by Gasteiger charge is -2.21. The number of hydrogen-bond acceptors (Lipinski definition) is 1. The van der Waals surface area contributed by atoms with E-state index in [-0.39, 0.29) is 11.8 Å². The normalized spacial score (nSPS) is 15.5. The molecule has 0 aromatic rings. The summed E-state index contributed by atoms with van der Waals surface area (Å²) in [7, 11) is 0. The lowest BCUT2D eigenvalue weighted by atomic mass is 9.87. The lowest BCUT2D eigenvalue weighted by Crippen LogP contribution is -2.29. The Kier molecular flexibility index (Phi) is 8.10. The van der Waals surface area contributed by atoms with Crippen LogP contribution in [0.4, 0.5) is 0 Å². The SMILES string of the molecule is C=CC(C)C(/C=C/C)/C(C)=C/C(=O)N(CC)CC. The van der Waals surface area contributed by atoms with Gasteiger partial charge in [0.25, 0.3) is 0 Å². The molecule has 0 heterocycles. The van der Waals surface area contributed by atoms with Gasteiger partial charge < -0.3 is 4.90 Å². The first-order valence-corrected chi connectivity index (χ1v) is 6.74. The largest absolute Gasteiger partial charge is 0.340 e. The van der Waals surface area contributed by atoms with Gasteiger partial charge in [0.05, 0.1) is 0 Å². The van der Waals surface area contributed by atoms with Gasteiger partial charge in [-0.25, -0.2) is 0 Å². The fourth-order valence-electron chi connectivity index (χ4n) is 2.01. The van der Waals surface area contributed by atoms with Gasteiger partial charge in [0.15, 0.2) is 0 Å². The molecular weight excluding hydrogens is 222 g/mol. The summed E-state index contributed by atoms with van der Waals surface area (Å²) in [6.07, 6.45) is 7.86. The van der Waals surface area contributed by atoms with E-state index in [1.807, 2.05) is 44.7 Å². The molecule has 18 heavy (non-hydrogen) atoms. The molecule has 0 radical (unpaired) electrons. The lowest BCUT2D eigenvalue weighted by molar-refractivity contribution is -0.125. The molecule has 0 saturated carbocycles. The molecule has 2 heteroatoms. The van der Waals surface area contributed by atoms with Gasteiger partial charge in [-0.2, -0.15) is 0 Å². The number of likely N-dealkylation sites (N-methyl/N-ethyl adjacent to an activating group) is 1. The standard InChI is InChI=1S/C16H27NO/c1-7-11-15(13(5)8-2)14(6)12-16(18)17(9-3)10-4/h7-8,11-13,15H,2,9-10H2,1,3-6H3/b11-7+,14-12+. The van der Waals surface area contributed by atoms with Crippen molar-refractivity contribution in [2.45, 2.75) is 34.6 Å². The van der Waals surface area contributed by atoms with E-state index in [0.717, 1.165) is 18.7 Å². The van der Waals surface area contributed by atoms with Crippen molar-refractivity contribution >= 4 is 5.91 Å². The van der Waals surface area contributed by atoms with Crippen LogP contribution in [0.15, 0.2) is 36.5 Å². The van der Waals surface area contributed by atoms with Crippen molar-refractivity contribution < 1.29 is 4.79 Å². The van der Waals surface area contributed by atoms with Gasteiger partial charge in [0.1, 0.15) is 0 Å². The van der Waals surface area contributed by atoms with Crippen LogP contribution in [0.3, 0.4) is 0 Å². The smallest absolute Gasteiger partial charge is 0.246 e. The number of nitrogens with zero attached hydrogens (tertiary/aromatic N) is 1. The highest BCUT2D eigenvalue weighted by molar-refractivity contribution is 5.88. The van der Waals surface area contributed by atoms with Crippen LogP contribution in [0.1, 0.15) is 34.6 Å². The van der Waals surface area contributed by atoms with Gasteiger partial charge in [0.2, 0.25) is 5.91 Å². The zero-order chi connectivity index (χ0) is 14.1. The highest BCUT2D eigenvalue weighted by Gasteiger charge is 2.15. The second-order valence-corrected chi connectivity index (χ2v) is 4.55. The zero-order valence-corrected chi connectivity index (χ0v) is 12.4. The molecule has 0 aliphatic rings. The maximum atomic E-state index is 12.0. The second-order valence-electron chi connectivity index (χ2n) is 4.55. The first-order chi connectivity index (χ1) is 8.51. The second kappa shape index (κ2) is 8.73. The minimum atomic E-state index is 0.100. The van der Waals surface area contributed by atoms with E-state index in [2.05, 4.69) is 19.6 Å². The maximum Gasteiger partial charge on any atom is 0.246 e.